The van der Waals surface area contributed by atoms with Crippen LogP contribution in [0.1, 0.15) is 252 Å². The number of carbonyl (C=O) groups is 2. The molecule has 0 spiro atoms. The molecule has 0 aliphatic carbocycles. The van der Waals surface area contributed by atoms with E-state index >= 15 is 0 Å². The highest BCUT2D eigenvalue weighted by Crippen LogP contribution is 2.15. The van der Waals surface area contributed by atoms with Crippen molar-refractivity contribution in [3.63, 3.8) is 0 Å². The Hall–Kier alpha value is -2.92. The summed E-state index contributed by atoms with van der Waals surface area (Å²) >= 11 is 0. The maximum Gasteiger partial charge on any atom is 0.306 e. The molecular weight excluding hydrogens is 789 g/mol. The standard InChI is InChI=1S/C59H102O5/c1-4-7-10-13-16-19-22-25-28-30-32-34-37-40-43-46-49-52-58(60)63-56-57(55-62-54-51-48-45-42-39-36-33-29-26-23-20-17-14-11-8-5-2)64-59(61)53-50-47-44-41-38-35-31-27-24-21-18-15-12-9-6-3/h7,10,16,18-19,21,25,27-28,31-32,34,40,43,57H,4-6,8-9,11-15,17,20,22-24,26,29-30,33,35-39,41-42,44-56H2,1-3H3/b10-7-,19-16-,21-18-,28-25-,31-27-,34-32-,43-40-. The minimum absolute atomic E-state index is 0.0490. The highest BCUT2D eigenvalue weighted by atomic mass is 16.6. The van der Waals surface area contributed by atoms with Crippen LogP contribution in [-0.4, -0.2) is 37.9 Å². The third kappa shape index (κ3) is 51.7. The zero-order valence-corrected chi connectivity index (χ0v) is 42.3. The summed E-state index contributed by atoms with van der Waals surface area (Å²) in [6.07, 6.45) is 71.7. The molecule has 0 N–H and O–H groups in total. The summed E-state index contributed by atoms with van der Waals surface area (Å²) < 4.78 is 17.4. The first-order chi connectivity index (χ1) is 31.6. The third-order valence-electron chi connectivity index (χ3n) is 11.4. The van der Waals surface area contributed by atoms with E-state index in [-0.39, 0.29) is 25.2 Å². The molecule has 0 saturated heterocycles. The molecule has 0 fully saturated rings. The van der Waals surface area contributed by atoms with Gasteiger partial charge in [0.15, 0.2) is 6.10 Å². The van der Waals surface area contributed by atoms with Crippen molar-refractivity contribution in [1.82, 2.24) is 0 Å². The van der Waals surface area contributed by atoms with Crippen LogP contribution in [0.25, 0.3) is 0 Å². The molecule has 0 bridgehead atoms. The van der Waals surface area contributed by atoms with Gasteiger partial charge in [0, 0.05) is 19.4 Å². The average Bonchev–Trinajstić information content (AvgIpc) is 3.30. The van der Waals surface area contributed by atoms with E-state index in [1.54, 1.807) is 0 Å². The molecule has 0 rings (SSSR count). The predicted octanol–water partition coefficient (Wildman–Crippen LogP) is 18.5. The number of allylic oxidation sites excluding steroid dienone is 14. The fraction of sp³-hybridized carbons (Fsp3) is 0.729. The minimum Gasteiger partial charge on any atom is -0.462 e. The van der Waals surface area contributed by atoms with Gasteiger partial charge in [0.2, 0.25) is 0 Å². The zero-order chi connectivity index (χ0) is 46.3. The number of hydrogen-bond donors (Lipinski definition) is 0. The van der Waals surface area contributed by atoms with Gasteiger partial charge in [-0.3, -0.25) is 9.59 Å². The lowest BCUT2D eigenvalue weighted by molar-refractivity contribution is -0.163. The summed E-state index contributed by atoms with van der Waals surface area (Å²) in [5.41, 5.74) is 0. The van der Waals surface area contributed by atoms with E-state index in [0.717, 1.165) is 89.9 Å². The van der Waals surface area contributed by atoms with Crippen molar-refractivity contribution >= 4 is 11.9 Å². The van der Waals surface area contributed by atoms with Crippen molar-refractivity contribution < 1.29 is 23.8 Å². The van der Waals surface area contributed by atoms with Gasteiger partial charge in [0.05, 0.1) is 6.61 Å². The molecule has 0 aromatic heterocycles. The lowest BCUT2D eigenvalue weighted by Crippen LogP contribution is -2.30. The Morgan fingerprint density at radius 2 is 0.719 bits per heavy atom. The van der Waals surface area contributed by atoms with Gasteiger partial charge >= 0.3 is 11.9 Å². The van der Waals surface area contributed by atoms with Crippen LogP contribution >= 0.6 is 0 Å². The van der Waals surface area contributed by atoms with Crippen LogP contribution in [0.3, 0.4) is 0 Å². The van der Waals surface area contributed by atoms with Crippen LogP contribution in [-0.2, 0) is 23.8 Å². The molecule has 64 heavy (non-hydrogen) atoms. The Bertz CT molecular complexity index is 1190. The van der Waals surface area contributed by atoms with E-state index in [1.807, 2.05) is 0 Å². The van der Waals surface area contributed by atoms with Crippen molar-refractivity contribution in [1.29, 1.82) is 0 Å². The summed E-state index contributed by atoms with van der Waals surface area (Å²) in [5, 5.41) is 0. The van der Waals surface area contributed by atoms with Gasteiger partial charge in [0.25, 0.3) is 0 Å². The fourth-order valence-corrected chi connectivity index (χ4v) is 7.40. The number of hydrogen-bond acceptors (Lipinski definition) is 5. The van der Waals surface area contributed by atoms with Gasteiger partial charge in [0.1, 0.15) is 6.61 Å². The smallest absolute Gasteiger partial charge is 0.306 e. The van der Waals surface area contributed by atoms with Crippen LogP contribution < -0.4 is 0 Å². The molecule has 0 aliphatic heterocycles. The van der Waals surface area contributed by atoms with Crippen molar-refractivity contribution in [2.45, 2.75) is 258 Å². The first kappa shape index (κ1) is 61.1. The topological polar surface area (TPSA) is 61.8 Å². The number of rotatable bonds is 49. The summed E-state index contributed by atoms with van der Waals surface area (Å²) in [7, 11) is 0. The summed E-state index contributed by atoms with van der Waals surface area (Å²) in [6, 6.07) is 0. The highest BCUT2D eigenvalue weighted by Gasteiger charge is 2.17. The number of ether oxygens (including phenoxy) is 3. The van der Waals surface area contributed by atoms with Gasteiger partial charge in [-0.25, -0.2) is 0 Å². The molecule has 1 unspecified atom stereocenters. The van der Waals surface area contributed by atoms with E-state index in [4.69, 9.17) is 14.2 Å². The van der Waals surface area contributed by atoms with Crippen molar-refractivity contribution in [3.8, 4) is 0 Å². The number of unbranched alkanes of at least 4 members (excludes halogenated alkanes) is 24. The monoisotopic (exact) mass is 891 g/mol. The second-order valence-electron chi connectivity index (χ2n) is 17.8. The van der Waals surface area contributed by atoms with Crippen molar-refractivity contribution in [2.24, 2.45) is 0 Å². The minimum atomic E-state index is -0.568. The molecule has 0 radical (unpaired) electrons. The molecule has 0 amide bonds. The Balaban J connectivity index is 4.38. The molecule has 0 heterocycles. The Kier molecular flexibility index (Phi) is 51.9. The van der Waals surface area contributed by atoms with Crippen LogP contribution in [0.2, 0.25) is 0 Å². The average molecular weight is 891 g/mol. The Morgan fingerprint density at radius 1 is 0.359 bits per heavy atom. The zero-order valence-electron chi connectivity index (χ0n) is 42.3. The first-order valence-corrected chi connectivity index (χ1v) is 27.1. The van der Waals surface area contributed by atoms with Gasteiger partial charge in [-0.2, -0.15) is 0 Å². The quantitative estimate of drug-likeness (QED) is 0.0346. The third-order valence-corrected chi connectivity index (χ3v) is 11.4. The van der Waals surface area contributed by atoms with Crippen LogP contribution in [0.15, 0.2) is 85.1 Å². The summed E-state index contributed by atoms with van der Waals surface area (Å²) in [4.78, 5) is 25.4. The summed E-state index contributed by atoms with van der Waals surface area (Å²) in [6.45, 7) is 7.64. The lowest BCUT2D eigenvalue weighted by Gasteiger charge is -2.18. The maximum absolute atomic E-state index is 12.8. The molecule has 5 nitrogen and oxygen atoms in total. The molecule has 0 aromatic rings. The van der Waals surface area contributed by atoms with Crippen LogP contribution in [0.4, 0.5) is 0 Å². The molecule has 1 atom stereocenters. The highest BCUT2D eigenvalue weighted by molar-refractivity contribution is 5.70. The molecule has 0 aromatic carbocycles. The number of esters is 2. The van der Waals surface area contributed by atoms with E-state index in [9.17, 15) is 9.59 Å². The number of carbonyl (C=O) groups excluding carboxylic acids is 2. The molecule has 0 saturated carbocycles. The van der Waals surface area contributed by atoms with Gasteiger partial charge in [-0.05, 0) is 89.9 Å². The van der Waals surface area contributed by atoms with Crippen LogP contribution in [0.5, 0.6) is 0 Å². The molecule has 5 heteroatoms. The molecule has 368 valence electrons. The van der Waals surface area contributed by atoms with Gasteiger partial charge in [-0.1, -0.05) is 234 Å². The van der Waals surface area contributed by atoms with E-state index in [2.05, 4.69) is 106 Å². The summed E-state index contributed by atoms with van der Waals surface area (Å²) in [5.74, 6) is -0.476. The second-order valence-corrected chi connectivity index (χ2v) is 17.8. The van der Waals surface area contributed by atoms with Gasteiger partial charge < -0.3 is 14.2 Å². The Morgan fingerprint density at radius 3 is 1.20 bits per heavy atom. The Labute approximate surface area is 397 Å². The molecular formula is C59H102O5. The van der Waals surface area contributed by atoms with Gasteiger partial charge in [-0.15, -0.1) is 0 Å². The SMILES string of the molecule is CC/C=C\C/C=C\C/C=C\C/C=C\C/C=C\CCCC(=O)OCC(COCCCCCCCCCCCCCCCCCC)OC(=O)CCCCCCC/C=C\C/C=C\CCCCC. The molecule has 0 aliphatic rings. The normalized spacial score (nSPS) is 12.9. The van der Waals surface area contributed by atoms with E-state index in [1.165, 1.54) is 128 Å². The van der Waals surface area contributed by atoms with Crippen LogP contribution in [0, 0.1) is 0 Å². The second kappa shape index (κ2) is 54.4. The largest absolute Gasteiger partial charge is 0.462 e. The lowest BCUT2D eigenvalue weighted by atomic mass is 10.0. The van der Waals surface area contributed by atoms with E-state index < -0.39 is 6.10 Å². The van der Waals surface area contributed by atoms with Crippen molar-refractivity contribution in [2.75, 3.05) is 19.8 Å². The fourth-order valence-electron chi connectivity index (χ4n) is 7.40. The van der Waals surface area contributed by atoms with E-state index in [0.29, 0.717) is 19.4 Å². The predicted molar refractivity (Wildman–Crippen MR) is 279 cm³/mol. The maximum atomic E-state index is 12.8. The first-order valence-electron chi connectivity index (χ1n) is 27.1. The van der Waals surface area contributed by atoms with Crippen molar-refractivity contribution in [3.05, 3.63) is 85.1 Å².